The van der Waals surface area contributed by atoms with E-state index in [1.165, 1.54) is 4.90 Å². The van der Waals surface area contributed by atoms with Crippen LogP contribution in [-0.4, -0.2) is 35.6 Å². The second-order valence-corrected chi connectivity index (χ2v) is 5.32. The molecule has 0 saturated heterocycles. The Morgan fingerprint density at radius 3 is 2.38 bits per heavy atom. The fourth-order valence-corrected chi connectivity index (χ4v) is 2.13. The summed E-state index contributed by atoms with van der Waals surface area (Å²) in [7, 11) is 1.65. The molecular formula is C15H24N2O4. The predicted molar refractivity (Wildman–Crippen MR) is 79.0 cm³/mol. The van der Waals surface area contributed by atoms with Gasteiger partial charge >= 0.3 is 12.0 Å². The van der Waals surface area contributed by atoms with Crippen LogP contribution < -0.4 is 5.32 Å². The van der Waals surface area contributed by atoms with Crippen LogP contribution in [0.4, 0.5) is 4.79 Å². The molecule has 0 aliphatic heterocycles. The molecule has 0 aromatic carbocycles. The normalized spacial score (nSPS) is 11.2. The van der Waals surface area contributed by atoms with E-state index >= 15 is 0 Å². The molecule has 2 amide bonds. The molecule has 0 fully saturated rings. The minimum absolute atomic E-state index is 0.121. The third kappa shape index (κ3) is 4.24. The van der Waals surface area contributed by atoms with Crippen molar-refractivity contribution in [3.8, 4) is 0 Å². The molecule has 21 heavy (non-hydrogen) atoms. The number of carbonyl (C=O) groups excluding carboxylic acids is 1. The van der Waals surface area contributed by atoms with Gasteiger partial charge in [0.25, 0.3) is 0 Å². The predicted octanol–water partition coefficient (Wildman–Crippen LogP) is 2.62. The van der Waals surface area contributed by atoms with Crippen LogP contribution in [0, 0.1) is 12.3 Å². The number of carboxylic acids is 1. The Morgan fingerprint density at radius 1 is 1.33 bits per heavy atom. The first-order valence-electron chi connectivity index (χ1n) is 7.12. The quantitative estimate of drug-likeness (QED) is 0.810. The highest BCUT2D eigenvalue weighted by Crippen LogP contribution is 2.25. The lowest BCUT2D eigenvalue weighted by molar-refractivity contribution is -0.149. The summed E-state index contributed by atoms with van der Waals surface area (Å²) in [5.41, 5.74) is -0.905. The lowest BCUT2D eigenvalue weighted by Gasteiger charge is -2.28. The van der Waals surface area contributed by atoms with E-state index in [0.29, 0.717) is 25.1 Å². The Labute approximate surface area is 125 Å². The Hall–Kier alpha value is -1.98. The van der Waals surface area contributed by atoms with Gasteiger partial charge in [0.2, 0.25) is 0 Å². The van der Waals surface area contributed by atoms with Crippen molar-refractivity contribution >= 4 is 12.0 Å². The third-order valence-corrected chi connectivity index (χ3v) is 3.92. The van der Waals surface area contributed by atoms with E-state index in [9.17, 15) is 14.7 Å². The van der Waals surface area contributed by atoms with Crippen molar-refractivity contribution in [1.29, 1.82) is 0 Å². The molecule has 0 saturated carbocycles. The van der Waals surface area contributed by atoms with E-state index < -0.39 is 11.4 Å². The summed E-state index contributed by atoms with van der Waals surface area (Å²) < 4.78 is 5.41. The first kappa shape index (κ1) is 17.1. The van der Waals surface area contributed by atoms with Crippen molar-refractivity contribution in [2.45, 2.75) is 40.2 Å². The van der Waals surface area contributed by atoms with Crippen molar-refractivity contribution < 1.29 is 19.1 Å². The molecule has 1 aromatic rings. The maximum atomic E-state index is 12.0. The lowest BCUT2D eigenvalue weighted by atomic mass is 9.82. The Balaban J connectivity index is 2.57. The van der Waals surface area contributed by atoms with Gasteiger partial charge in [-0.2, -0.15) is 0 Å². The zero-order valence-corrected chi connectivity index (χ0v) is 13.1. The summed E-state index contributed by atoms with van der Waals surface area (Å²) >= 11 is 0. The van der Waals surface area contributed by atoms with Crippen LogP contribution in [0.15, 0.2) is 16.5 Å². The van der Waals surface area contributed by atoms with Crippen molar-refractivity contribution in [3.63, 3.8) is 0 Å². The maximum Gasteiger partial charge on any atom is 0.317 e. The van der Waals surface area contributed by atoms with Gasteiger partial charge in [0.1, 0.15) is 11.5 Å². The van der Waals surface area contributed by atoms with Gasteiger partial charge in [-0.05, 0) is 31.9 Å². The number of rotatable bonds is 7. The summed E-state index contributed by atoms with van der Waals surface area (Å²) in [4.78, 5) is 24.9. The van der Waals surface area contributed by atoms with Gasteiger partial charge in [0.15, 0.2) is 0 Å². The van der Waals surface area contributed by atoms with Crippen LogP contribution in [0.3, 0.4) is 0 Å². The average molecular weight is 296 g/mol. The molecule has 118 valence electrons. The van der Waals surface area contributed by atoms with Gasteiger partial charge in [-0.25, -0.2) is 4.79 Å². The van der Waals surface area contributed by atoms with Crippen molar-refractivity contribution in [1.82, 2.24) is 10.2 Å². The molecule has 0 aliphatic rings. The second-order valence-electron chi connectivity index (χ2n) is 5.32. The van der Waals surface area contributed by atoms with Crippen molar-refractivity contribution in [2.24, 2.45) is 5.41 Å². The van der Waals surface area contributed by atoms with Gasteiger partial charge in [0, 0.05) is 13.6 Å². The highest BCUT2D eigenvalue weighted by atomic mass is 16.4. The SMILES string of the molecule is CCC(CC)(CNC(=O)N(C)Cc1ccc(C)o1)C(=O)O. The number of hydrogen-bond donors (Lipinski definition) is 2. The van der Waals surface area contributed by atoms with E-state index in [2.05, 4.69) is 5.32 Å². The molecule has 1 aromatic heterocycles. The Morgan fingerprint density at radius 2 is 1.95 bits per heavy atom. The van der Waals surface area contributed by atoms with Crippen LogP contribution in [-0.2, 0) is 11.3 Å². The third-order valence-electron chi connectivity index (χ3n) is 3.92. The Bertz CT molecular complexity index is 492. The molecule has 0 aliphatic carbocycles. The minimum Gasteiger partial charge on any atom is -0.481 e. The minimum atomic E-state index is -0.905. The standard InChI is InChI=1S/C15H24N2O4/c1-5-15(6-2,13(18)19)10-16-14(20)17(4)9-12-8-7-11(3)21-12/h7-8H,5-6,9-10H2,1-4H3,(H,16,20)(H,18,19). The molecule has 0 spiro atoms. The van der Waals surface area contributed by atoms with E-state index in [-0.39, 0.29) is 12.6 Å². The maximum absolute atomic E-state index is 12.0. The number of aliphatic carboxylic acids is 1. The number of carboxylic acid groups (broad SMARTS) is 1. The van der Waals surface area contributed by atoms with Crippen LogP contribution >= 0.6 is 0 Å². The zero-order valence-electron chi connectivity index (χ0n) is 13.1. The number of urea groups is 1. The molecule has 1 rings (SSSR count). The van der Waals surface area contributed by atoms with Gasteiger partial charge in [-0.15, -0.1) is 0 Å². The summed E-state index contributed by atoms with van der Waals surface area (Å²) in [6, 6.07) is 3.35. The van der Waals surface area contributed by atoms with Crippen LogP contribution in [0.25, 0.3) is 0 Å². The molecule has 0 radical (unpaired) electrons. The van der Waals surface area contributed by atoms with Gasteiger partial charge in [-0.3, -0.25) is 4.79 Å². The van der Waals surface area contributed by atoms with E-state index in [1.54, 1.807) is 7.05 Å². The zero-order chi connectivity index (χ0) is 16.0. The highest BCUT2D eigenvalue weighted by Gasteiger charge is 2.35. The number of furan rings is 1. The first-order chi connectivity index (χ1) is 9.84. The number of nitrogens with zero attached hydrogens (tertiary/aromatic N) is 1. The van der Waals surface area contributed by atoms with Gasteiger partial charge in [0.05, 0.1) is 12.0 Å². The van der Waals surface area contributed by atoms with Crippen LogP contribution in [0.2, 0.25) is 0 Å². The Kier molecular flexibility index (Phi) is 5.81. The highest BCUT2D eigenvalue weighted by molar-refractivity contribution is 5.78. The number of aryl methyl sites for hydroxylation is 1. The fourth-order valence-electron chi connectivity index (χ4n) is 2.13. The molecule has 0 bridgehead atoms. The number of carbonyl (C=O) groups is 2. The van der Waals surface area contributed by atoms with Crippen LogP contribution in [0.1, 0.15) is 38.2 Å². The van der Waals surface area contributed by atoms with Crippen LogP contribution in [0.5, 0.6) is 0 Å². The van der Waals surface area contributed by atoms with Crippen molar-refractivity contribution in [2.75, 3.05) is 13.6 Å². The smallest absolute Gasteiger partial charge is 0.317 e. The van der Waals surface area contributed by atoms with Gasteiger partial charge in [-0.1, -0.05) is 13.8 Å². The summed E-state index contributed by atoms with van der Waals surface area (Å²) in [5.74, 6) is 0.610. The number of amides is 2. The number of hydrogen-bond acceptors (Lipinski definition) is 3. The fraction of sp³-hybridized carbons (Fsp3) is 0.600. The second kappa shape index (κ2) is 7.15. The monoisotopic (exact) mass is 296 g/mol. The summed E-state index contributed by atoms with van der Waals surface area (Å²) in [5, 5.41) is 12.0. The molecule has 1 heterocycles. The van der Waals surface area contributed by atoms with Crippen molar-refractivity contribution in [3.05, 3.63) is 23.7 Å². The molecule has 0 atom stereocenters. The van der Waals surface area contributed by atoms with E-state index in [4.69, 9.17) is 4.42 Å². The molecule has 6 nitrogen and oxygen atoms in total. The van der Waals surface area contributed by atoms with E-state index in [1.807, 2.05) is 32.9 Å². The molecular weight excluding hydrogens is 272 g/mol. The van der Waals surface area contributed by atoms with Gasteiger partial charge < -0.3 is 19.7 Å². The molecule has 6 heteroatoms. The lowest BCUT2D eigenvalue weighted by Crippen LogP contribution is -2.46. The number of nitrogens with one attached hydrogen (secondary N) is 1. The first-order valence-corrected chi connectivity index (χ1v) is 7.12. The molecule has 2 N–H and O–H groups in total. The summed E-state index contributed by atoms with van der Waals surface area (Å²) in [6.45, 7) is 5.94. The largest absolute Gasteiger partial charge is 0.481 e. The molecule has 0 unspecified atom stereocenters. The van der Waals surface area contributed by atoms with E-state index in [0.717, 1.165) is 5.76 Å². The summed E-state index contributed by atoms with van der Waals surface area (Å²) in [6.07, 6.45) is 0.945. The topological polar surface area (TPSA) is 82.8 Å². The average Bonchev–Trinajstić information content (AvgIpc) is 2.85.